The van der Waals surface area contributed by atoms with Crippen LogP contribution in [0.3, 0.4) is 0 Å². The van der Waals surface area contributed by atoms with Gasteiger partial charge in [-0.25, -0.2) is 4.79 Å². The smallest absolute Gasteiger partial charge is 0.338 e. The predicted octanol–water partition coefficient (Wildman–Crippen LogP) is 3.69. The van der Waals surface area contributed by atoms with Crippen molar-refractivity contribution in [2.24, 2.45) is 17.6 Å². The molecule has 0 saturated carbocycles. The predicted molar refractivity (Wildman–Crippen MR) is 121 cm³/mol. The first kappa shape index (κ1) is 23.7. The van der Waals surface area contributed by atoms with Gasteiger partial charge in [-0.15, -0.1) is 0 Å². The van der Waals surface area contributed by atoms with Crippen LogP contribution in [0.25, 0.3) is 0 Å². The summed E-state index contributed by atoms with van der Waals surface area (Å²) < 4.78 is 16.9. The molecule has 3 unspecified atom stereocenters. The van der Waals surface area contributed by atoms with E-state index in [9.17, 15) is 10.1 Å². The molecular weight excluding hydrogens is 406 g/mol. The highest BCUT2D eigenvalue weighted by Gasteiger charge is 2.37. The Morgan fingerprint density at radius 1 is 1.28 bits per heavy atom. The first-order valence-electron chi connectivity index (χ1n) is 11.2. The maximum atomic E-state index is 12.8. The monoisotopic (exact) mass is 439 g/mol. The number of allylic oxidation sites excluding steroid dienone is 2. The van der Waals surface area contributed by atoms with E-state index in [0.717, 1.165) is 19.6 Å². The number of nitrogens with zero attached hydrogens (tertiary/aromatic N) is 2. The third-order valence-corrected chi connectivity index (χ3v) is 5.94. The lowest BCUT2D eigenvalue weighted by molar-refractivity contribution is -0.139. The maximum Gasteiger partial charge on any atom is 0.338 e. The molecule has 1 aromatic carbocycles. The van der Waals surface area contributed by atoms with E-state index in [2.05, 4.69) is 24.8 Å². The fourth-order valence-corrected chi connectivity index (χ4v) is 4.78. The second kappa shape index (κ2) is 10.6. The topological polar surface area (TPSA) is 97.8 Å². The van der Waals surface area contributed by atoms with Crippen molar-refractivity contribution in [1.29, 1.82) is 5.26 Å². The Bertz CT molecular complexity index is 937. The zero-order valence-electron chi connectivity index (χ0n) is 19.4. The highest BCUT2D eigenvalue weighted by molar-refractivity contribution is 5.92. The first-order chi connectivity index (χ1) is 15.3. The van der Waals surface area contributed by atoms with E-state index in [4.69, 9.17) is 19.9 Å². The van der Waals surface area contributed by atoms with Crippen molar-refractivity contribution in [2.45, 2.75) is 40.0 Å². The first-order valence-corrected chi connectivity index (χ1v) is 11.2. The molecule has 0 aromatic heterocycles. The Hall–Kier alpha value is -2.98. The van der Waals surface area contributed by atoms with Crippen LogP contribution in [0.2, 0.25) is 0 Å². The molecule has 7 nitrogen and oxygen atoms in total. The molecule has 0 amide bonds. The van der Waals surface area contributed by atoms with Gasteiger partial charge >= 0.3 is 5.97 Å². The summed E-state index contributed by atoms with van der Waals surface area (Å²) >= 11 is 0. The lowest BCUT2D eigenvalue weighted by Crippen LogP contribution is -2.40. The lowest BCUT2D eigenvalue weighted by atomic mass is 9.82. The number of carbonyl (C=O) groups excluding carboxylic acids is 1. The molecule has 1 saturated heterocycles. The van der Waals surface area contributed by atoms with Gasteiger partial charge in [0, 0.05) is 25.2 Å². The van der Waals surface area contributed by atoms with Crippen molar-refractivity contribution in [3.05, 3.63) is 52.6 Å². The molecule has 2 heterocycles. The zero-order chi connectivity index (χ0) is 23.3. The summed E-state index contributed by atoms with van der Waals surface area (Å²) in [7, 11) is 0. The molecule has 3 rings (SSSR count). The third kappa shape index (κ3) is 5.25. The van der Waals surface area contributed by atoms with E-state index < -0.39 is 11.9 Å². The maximum absolute atomic E-state index is 12.8. The zero-order valence-corrected chi connectivity index (χ0v) is 19.4. The van der Waals surface area contributed by atoms with E-state index in [1.54, 1.807) is 13.8 Å². The van der Waals surface area contributed by atoms with Crippen LogP contribution in [0.15, 0.2) is 47.1 Å². The molecule has 0 radical (unpaired) electrons. The van der Waals surface area contributed by atoms with Crippen molar-refractivity contribution < 1.29 is 19.0 Å². The minimum atomic E-state index is -0.709. The van der Waals surface area contributed by atoms with E-state index >= 15 is 0 Å². The molecular formula is C25H33N3O4. The fourth-order valence-electron chi connectivity index (χ4n) is 4.78. The number of ether oxygens (including phenoxy) is 3. The van der Waals surface area contributed by atoms with Crippen molar-refractivity contribution in [3.63, 3.8) is 0 Å². The normalized spacial score (nSPS) is 24.0. The fraction of sp³-hybridized carbons (Fsp3) is 0.520. The number of piperidine rings is 1. The second-order valence-corrected chi connectivity index (χ2v) is 8.71. The summed E-state index contributed by atoms with van der Waals surface area (Å²) in [6.45, 7) is 11.7. The summed E-state index contributed by atoms with van der Waals surface area (Å²) in [5.41, 5.74) is 7.16. The van der Waals surface area contributed by atoms with Gasteiger partial charge in [0.15, 0.2) is 0 Å². The van der Waals surface area contributed by atoms with E-state index in [1.165, 1.54) is 6.42 Å². The number of rotatable bonds is 7. The van der Waals surface area contributed by atoms with E-state index in [0.29, 0.717) is 35.5 Å². The van der Waals surface area contributed by atoms with Gasteiger partial charge in [-0.2, -0.15) is 5.26 Å². The molecule has 2 N–H and O–H groups in total. The summed E-state index contributed by atoms with van der Waals surface area (Å²) in [6, 6.07) is 9.56. The number of carbonyl (C=O) groups is 1. The summed E-state index contributed by atoms with van der Waals surface area (Å²) in [5.74, 6) is 1.07. The van der Waals surface area contributed by atoms with Gasteiger partial charge in [-0.05, 0) is 38.2 Å². The Morgan fingerprint density at radius 2 is 1.97 bits per heavy atom. The summed E-state index contributed by atoms with van der Waals surface area (Å²) in [4.78, 5) is 15.2. The van der Waals surface area contributed by atoms with Gasteiger partial charge < -0.3 is 19.9 Å². The number of esters is 1. The molecule has 2 aliphatic heterocycles. The van der Waals surface area contributed by atoms with Gasteiger partial charge in [0.25, 0.3) is 0 Å². The summed E-state index contributed by atoms with van der Waals surface area (Å²) in [5, 5.41) is 9.81. The minimum absolute atomic E-state index is 0.00542. The lowest BCUT2D eigenvalue weighted by Gasteiger charge is -2.35. The standard InChI is InChI=1S/C25H33N3O4/c1-5-30-25(29)22-18(4)32-24(27)20(13-26)23(22)19-8-6-7-9-21(19)31-11-10-28-14-16(2)12-17(3)15-28/h6-9,16-17,23H,5,10-12,14-15,27H2,1-4H3. The Kier molecular flexibility index (Phi) is 7.81. The molecule has 7 heteroatoms. The largest absolute Gasteiger partial charge is 0.492 e. The highest BCUT2D eigenvalue weighted by atomic mass is 16.5. The van der Waals surface area contributed by atoms with Crippen molar-refractivity contribution in [2.75, 3.05) is 32.8 Å². The Morgan fingerprint density at radius 3 is 2.62 bits per heavy atom. The van der Waals surface area contributed by atoms with Crippen LogP contribution in [0, 0.1) is 23.2 Å². The van der Waals surface area contributed by atoms with Crippen LogP contribution in [0.4, 0.5) is 0 Å². The number of hydrogen-bond acceptors (Lipinski definition) is 7. The molecule has 3 atom stereocenters. The second-order valence-electron chi connectivity index (χ2n) is 8.71. The van der Waals surface area contributed by atoms with Gasteiger partial charge in [-0.3, -0.25) is 4.90 Å². The molecule has 0 aliphatic carbocycles. The van der Waals surface area contributed by atoms with Crippen LogP contribution in [-0.4, -0.2) is 43.7 Å². The molecule has 1 fully saturated rings. The van der Waals surface area contributed by atoms with Crippen LogP contribution in [0.1, 0.15) is 45.6 Å². The molecule has 1 aromatic rings. The SMILES string of the molecule is CCOC(=O)C1=C(C)OC(N)=C(C#N)C1c1ccccc1OCCN1CC(C)CC(C)C1. The average Bonchev–Trinajstić information content (AvgIpc) is 2.73. The molecule has 172 valence electrons. The van der Waals surface area contributed by atoms with Gasteiger partial charge in [0.2, 0.25) is 5.88 Å². The number of nitriles is 1. The Balaban J connectivity index is 1.86. The van der Waals surface area contributed by atoms with Crippen molar-refractivity contribution >= 4 is 5.97 Å². The molecule has 2 aliphatic rings. The van der Waals surface area contributed by atoms with Crippen molar-refractivity contribution in [3.8, 4) is 11.8 Å². The number of nitrogens with two attached hydrogens (primary N) is 1. The van der Waals surface area contributed by atoms with Crippen LogP contribution >= 0.6 is 0 Å². The van der Waals surface area contributed by atoms with Crippen LogP contribution in [0.5, 0.6) is 5.75 Å². The summed E-state index contributed by atoms with van der Waals surface area (Å²) in [6.07, 6.45) is 1.26. The van der Waals surface area contributed by atoms with Gasteiger partial charge in [0.1, 0.15) is 29.8 Å². The third-order valence-electron chi connectivity index (χ3n) is 5.94. The van der Waals surface area contributed by atoms with Crippen molar-refractivity contribution in [1.82, 2.24) is 4.90 Å². The van der Waals surface area contributed by atoms with E-state index in [-0.39, 0.29) is 23.6 Å². The molecule has 0 spiro atoms. The van der Waals surface area contributed by atoms with Gasteiger partial charge in [0.05, 0.1) is 18.1 Å². The Labute approximate surface area is 190 Å². The van der Waals surface area contributed by atoms with Crippen LogP contribution < -0.4 is 10.5 Å². The minimum Gasteiger partial charge on any atom is -0.492 e. The quantitative estimate of drug-likeness (QED) is 0.647. The number of benzene rings is 1. The van der Waals surface area contributed by atoms with Crippen LogP contribution in [-0.2, 0) is 14.3 Å². The molecule has 32 heavy (non-hydrogen) atoms. The number of para-hydroxylation sites is 1. The highest BCUT2D eigenvalue weighted by Crippen LogP contribution is 2.42. The molecule has 0 bridgehead atoms. The number of hydrogen-bond donors (Lipinski definition) is 1. The number of likely N-dealkylation sites (tertiary alicyclic amines) is 1. The van der Waals surface area contributed by atoms with Gasteiger partial charge in [-0.1, -0.05) is 32.0 Å². The average molecular weight is 440 g/mol. The van der Waals surface area contributed by atoms with E-state index in [1.807, 2.05) is 24.3 Å².